The normalized spacial score (nSPS) is 11.8. The number of benzene rings is 2. The Morgan fingerprint density at radius 1 is 1.08 bits per heavy atom. The molecule has 128 valence electrons. The molecule has 0 saturated carbocycles. The molecule has 0 radical (unpaired) electrons. The molecule has 0 saturated heterocycles. The van der Waals surface area contributed by atoms with Crippen LogP contribution in [-0.4, -0.2) is 29.3 Å². The van der Waals surface area contributed by atoms with Crippen molar-refractivity contribution in [1.29, 1.82) is 0 Å². The van der Waals surface area contributed by atoms with Gasteiger partial charge in [0.1, 0.15) is 23.5 Å². The molecule has 0 bridgehead atoms. The molecule has 5 nitrogen and oxygen atoms in total. The second kappa shape index (κ2) is 8.26. The Labute approximate surface area is 137 Å². The van der Waals surface area contributed by atoms with Crippen molar-refractivity contribution in [3.05, 3.63) is 65.2 Å². The van der Waals surface area contributed by atoms with E-state index in [0.717, 1.165) is 17.7 Å². The van der Waals surface area contributed by atoms with Crippen LogP contribution in [-0.2, 0) is 6.42 Å². The predicted molar refractivity (Wildman–Crippen MR) is 84.5 cm³/mol. The van der Waals surface area contributed by atoms with Crippen LogP contribution in [0.5, 0.6) is 5.75 Å². The number of hydrogen-bond donors (Lipinski definition) is 4. The number of rotatable bonds is 6. The van der Waals surface area contributed by atoms with Gasteiger partial charge >= 0.3 is 6.03 Å². The summed E-state index contributed by atoms with van der Waals surface area (Å²) in [5.41, 5.74) is 0.376. The number of carbonyl (C=O) groups is 1. The molecule has 0 aromatic heterocycles. The maximum Gasteiger partial charge on any atom is 0.314 e. The average molecular weight is 336 g/mol. The molecule has 24 heavy (non-hydrogen) atoms. The lowest BCUT2D eigenvalue weighted by atomic mass is 10.1. The first-order chi connectivity index (χ1) is 11.5. The summed E-state index contributed by atoms with van der Waals surface area (Å²) in [4.78, 5) is 11.6. The van der Waals surface area contributed by atoms with E-state index < -0.39 is 29.3 Å². The lowest BCUT2D eigenvalue weighted by Gasteiger charge is -2.14. The number of aromatic hydroxyl groups is 1. The van der Waals surface area contributed by atoms with Gasteiger partial charge in [-0.15, -0.1) is 0 Å². The van der Waals surface area contributed by atoms with Gasteiger partial charge in [-0.2, -0.15) is 0 Å². The molecule has 4 N–H and O–H groups in total. The Hall–Kier alpha value is -2.67. The van der Waals surface area contributed by atoms with Crippen molar-refractivity contribution in [2.45, 2.75) is 12.5 Å². The molecule has 1 atom stereocenters. The number of hydrogen-bond acceptors (Lipinski definition) is 3. The zero-order valence-corrected chi connectivity index (χ0v) is 12.8. The van der Waals surface area contributed by atoms with Gasteiger partial charge in [0, 0.05) is 13.1 Å². The highest BCUT2D eigenvalue weighted by Crippen LogP contribution is 2.19. The van der Waals surface area contributed by atoms with E-state index in [9.17, 15) is 23.8 Å². The number of aliphatic hydroxyl groups excluding tert-OH is 1. The minimum atomic E-state index is -1.48. The van der Waals surface area contributed by atoms with Crippen molar-refractivity contribution in [3.63, 3.8) is 0 Å². The standard InChI is InChI=1S/C17H18F2N2O3/c18-13-5-2-6-14(19)16(13)15(23)10-21-17(24)20-8-7-11-3-1-4-12(22)9-11/h1-6,9,15,22-23H,7-8,10H2,(H2,20,21,24). The Kier molecular flexibility index (Phi) is 6.08. The molecule has 2 aromatic carbocycles. The number of amides is 2. The van der Waals surface area contributed by atoms with Crippen LogP contribution in [0.1, 0.15) is 17.2 Å². The predicted octanol–water partition coefficient (Wildman–Crippen LogP) is 2.25. The average Bonchev–Trinajstić information content (AvgIpc) is 2.53. The topological polar surface area (TPSA) is 81.6 Å². The zero-order valence-electron chi connectivity index (χ0n) is 12.8. The summed E-state index contributed by atoms with van der Waals surface area (Å²) in [6, 6.07) is 9.35. The van der Waals surface area contributed by atoms with Gasteiger partial charge in [0.25, 0.3) is 0 Å². The summed E-state index contributed by atoms with van der Waals surface area (Å²) >= 11 is 0. The SMILES string of the molecule is O=C(NCCc1cccc(O)c1)NCC(O)c1c(F)cccc1F. The van der Waals surface area contributed by atoms with E-state index in [1.54, 1.807) is 18.2 Å². The number of phenolic OH excluding ortho intramolecular Hbond substituents is 1. The molecule has 0 aliphatic carbocycles. The van der Waals surface area contributed by atoms with Crippen molar-refractivity contribution in [1.82, 2.24) is 10.6 Å². The summed E-state index contributed by atoms with van der Waals surface area (Å²) in [5, 5.41) is 24.1. The Balaban J connectivity index is 1.77. The van der Waals surface area contributed by atoms with Crippen molar-refractivity contribution in [2.24, 2.45) is 0 Å². The third-order valence-electron chi connectivity index (χ3n) is 3.40. The quantitative estimate of drug-likeness (QED) is 0.653. The molecule has 2 amide bonds. The fourth-order valence-corrected chi connectivity index (χ4v) is 2.22. The highest BCUT2D eigenvalue weighted by Gasteiger charge is 2.18. The summed E-state index contributed by atoms with van der Waals surface area (Å²) < 4.78 is 27.0. The second-order valence-electron chi connectivity index (χ2n) is 5.21. The number of carbonyl (C=O) groups excluding carboxylic acids is 1. The van der Waals surface area contributed by atoms with Crippen LogP contribution in [0.4, 0.5) is 13.6 Å². The van der Waals surface area contributed by atoms with E-state index >= 15 is 0 Å². The molecule has 0 aliphatic rings. The van der Waals surface area contributed by atoms with Crippen molar-refractivity contribution in [3.8, 4) is 5.75 Å². The lowest BCUT2D eigenvalue weighted by Crippen LogP contribution is -2.38. The van der Waals surface area contributed by atoms with Crippen molar-refractivity contribution >= 4 is 6.03 Å². The number of halogens is 2. The van der Waals surface area contributed by atoms with Gasteiger partial charge in [-0.3, -0.25) is 0 Å². The monoisotopic (exact) mass is 336 g/mol. The molecule has 0 spiro atoms. The maximum absolute atomic E-state index is 13.5. The minimum absolute atomic E-state index is 0.145. The number of phenols is 1. The molecule has 2 rings (SSSR count). The maximum atomic E-state index is 13.5. The van der Waals surface area contributed by atoms with E-state index in [0.29, 0.717) is 13.0 Å². The zero-order chi connectivity index (χ0) is 17.5. The van der Waals surface area contributed by atoms with Gasteiger partial charge < -0.3 is 20.8 Å². The molecule has 0 fully saturated rings. The van der Waals surface area contributed by atoms with Gasteiger partial charge in [-0.05, 0) is 36.2 Å². The highest BCUT2D eigenvalue weighted by molar-refractivity contribution is 5.73. The number of urea groups is 1. The molecular weight excluding hydrogens is 318 g/mol. The summed E-state index contributed by atoms with van der Waals surface area (Å²) in [6.07, 6.45) is -0.977. The van der Waals surface area contributed by atoms with Gasteiger partial charge in [-0.1, -0.05) is 18.2 Å². The highest BCUT2D eigenvalue weighted by atomic mass is 19.1. The molecule has 7 heteroatoms. The van der Waals surface area contributed by atoms with Crippen LogP contribution in [0.25, 0.3) is 0 Å². The lowest BCUT2D eigenvalue weighted by molar-refractivity contribution is 0.164. The van der Waals surface area contributed by atoms with Crippen LogP contribution >= 0.6 is 0 Å². The fourth-order valence-electron chi connectivity index (χ4n) is 2.22. The van der Waals surface area contributed by atoms with Crippen LogP contribution in [0.3, 0.4) is 0 Å². The summed E-state index contributed by atoms with van der Waals surface area (Å²) in [7, 11) is 0. The van der Waals surface area contributed by atoms with Crippen molar-refractivity contribution in [2.75, 3.05) is 13.1 Å². The first kappa shape index (κ1) is 17.7. The Bertz CT molecular complexity index is 690. The third kappa shape index (κ3) is 4.92. The van der Waals surface area contributed by atoms with Gasteiger partial charge in [0.15, 0.2) is 0 Å². The van der Waals surface area contributed by atoms with Crippen LogP contribution in [0, 0.1) is 11.6 Å². The molecule has 0 heterocycles. The van der Waals surface area contributed by atoms with E-state index in [-0.39, 0.29) is 12.3 Å². The van der Waals surface area contributed by atoms with Crippen LogP contribution in [0.2, 0.25) is 0 Å². The van der Waals surface area contributed by atoms with E-state index in [2.05, 4.69) is 10.6 Å². The number of aliphatic hydroxyl groups is 1. The van der Waals surface area contributed by atoms with Gasteiger partial charge in [-0.25, -0.2) is 13.6 Å². The Morgan fingerprint density at radius 2 is 1.75 bits per heavy atom. The first-order valence-electron chi connectivity index (χ1n) is 7.39. The minimum Gasteiger partial charge on any atom is -0.508 e. The van der Waals surface area contributed by atoms with Crippen molar-refractivity contribution < 1.29 is 23.8 Å². The van der Waals surface area contributed by atoms with Crippen LogP contribution < -0.4 is 10.6 Å². The Morgan fingerprint density at radius 3 is 2.42 bits per heavy atom. The van der Waals surface area contributed by atoms with Gasteiger partial charge in [0.05, 0.1) is 5.56 Å². The first-order valence-corrected chi connectivity index (χ1v) is 7.39. The molecule has 2 aromatic rings. The third-order valence-corrected chi connectivity index (χ3v) is 3.40. The summed E-state index contributed by atoms with van der Waals surface area (Å²) in [6.45, 7) is -0.0186. The fraction of sp³-hybridized carbons (Fsp3) is 0.235. The second-order valence-corrected chi connectivity index (χ2v) is 5.21. The molecule has 0 aliphatic heterocycles. The van der Waals surface area contributed by atoms with E-state index in [4.69, 9.17) is 0 Å². The molecular formula is C17H18F2N2O3. The van der Waals surface area contributed by atoms with Gasteiger partial charge in [0.2, 0.25) is 0 Å². The molecule has 1 unspecified atom stereocenters. The number of nitrogens with one attached hydrogen (secondary N) is 2. The van der Waals surface area contributed by atoms with E-state index in [1.807, 2.05) is 6.07 Å². The smallest absolute Gasteiger partial charge is 0.314 e. The van der Waals surface area contributed by atoms with Crippen LogP contribution in [0.15, 0.2) is 42.5 Å². The largest absolute Gasteiger partial charge is 0.508 e. The van der Waals surface area contributed by atoms with E-state index in [1.165, 1.54) is 6.07 Å². The summed E-state index contributed by atoms with van der Waals surface area (Å²) in [5.74, 6) is -1.59.